The highest BCUT2D eigenvalue weighted by Crippen LogP contribution is 2.35. The average Bonchev–Trinajstić information content (AvgIpc) is 2.71. The van der Waals surface area contributed by atoms with Gasteiger partial charge in [0.2, 0.25) is 5.91 Å². The number of nitriles is 1. The molecule has 0 unspecified atom stereocenters. The van der Waals surface area contributed by atoms with E-state index >= 15 is 0 Å². The summed E-state index contributed by atoms with van der Waals surface area (Å²) in [6, 6.07) is 5.49. The van der Waals surface area contributed by atoms with E-state index in [0.717, 1.165) is 0 Å². The molecule has 0 atom stereocenters. The third-order valence-electron chi connectivity index (χ3n) is 5.06. The van der Waals surface area contributed by atoms with Crippen LogP contribution in [0.25, 0.3) is 0 Å². The average molecular weight is 374 g/mol. The molecule has 0 aliphatic carbocycles. The van der Waals surface area contributed by atoms with Gasteiger partial charge in [0.25, 0.3) is 0 Å². The first-order chi connectivity index (χ1) is 12.9. The van der Waals surface area contributed by atoms with E-state index < -0.39 is 0 Å². The van der Waals surface area contributed by atoms with Gasteiger partial charge in [-0.15, -0.1) is 0 Å². The van der Waals surface area contributed by atoms with E-state index in [-0.39, 0.29) is 29.9 Å². The van der Waals surface area contributed by atoms with Crippen LogP contribution < -0.4 is 14.2 Å². The maximum atomic E-state index is 12.6. The predicted molar refractivity (Wildman–Crippen MR) is 99.2 cm³/mol. The SMILES string of the molecule is COc1cc(OC)c(C(=O)CCC(=O)N2CCC(C)(C#N)CC2)cc1OC. The first-order valence-electron chi connectivity index (χ1n) is 8.89. The van der Waals surface area contributed by atoms with Gasteiger partial charge in [-0.3, -0.25) is 9.59 Å². The molecule has 1 fully saturated rings. The molecule has 2 rings (SSSR count). The van der Waals surface area contributed by atoms with Crippen LogP contribution >= 0.6 is 0 Å². The van der Waals surface area contributed by atoms with Crippen molar-refractivity contribution in [3.8, 4) is 23.3 Å². The van der Waals surface area contributed by atoms with Gasteiger partial charge in [0.1, 0.15) is 5.75 Å². The molecule has 1 heterocycles. The number of hydrogen-bond donors (Lipinski definition) is 0. The van der Waals surface area contributed by atoms with Gasteiger partial charge in [0.05, 0.1) is 38.4 Å². The van der Waals surface area contributed by atoms with Crippen molar-refractivity contribution in [2.24, 2.45) is 5.41 Å². The summed E-state index contributed by atoms with van der Waals surface area (Å²) >= 11 is 0. The fourth-order valence-corrected chi connectivity index (χ4v) is 3.12. The Morgan fingerprint density at radius 2 is 1.59 bits per heavy atom. The predicted octanol–water partition coefficient (Wildman–Crippen LogP) is 2.83. The molecule has 1 saturated heterocycles. The third-order valence-corrected chi connectivity index (χ3v) is 5.06. The van der Waals surface area contributed by atoms with Gasteiger partial charge in [0, 0.05) is 32.0 Å². The van der Waals surface area contributed by atoms with Gasteiger partial charge in [-0.05, 0) is 25.8 Å². The lowest BCUT2D eigenvalue weighted by molar-refractivity contribution is -0.132. The van der Waals surface area contributed by atoms with Crippen molar-refractivity contribution < 1.29 is 23.8 Å². The first kappa shape index (κ1) is 20.6. The lowest BCUT2D eigenvalue weighted by Crippen LogP contribution is -2.41. The van der Waals surface area contributed by atoms with Crippen molar-refractivity contribution in [2.45, 2.75) is 32.6 Å². The number of ketones is 1. The van der Waals surface area contributed by atoms with Crippen molar-refractivity contribution in [3.05, 3.63) is 17.7 Å². The monoisotopic (exact) mass is 374 g/mol. The highest BCUT2D eigenvalue weighted by Gasteiger charge is 2.31. The summed E-state index contributed by atoms with van der Waals surface area (Å²) in [5.41, 5.74) is -0.00163. The minimum Gasteiger partial charge on any atom is -0.496 e. The summed E-state index contributed by atoms with van der Waals surface area (Å²) in [7, 11) is 4.48. The van der Waals surface area contributed by atoms with Crippen LogP contribution in [0.4, 0.5) is 0 Å². The lowest BCUT2D eigenvalue weighted by Gasteiger charge is -2.35. The zero-order valence-corrected chi connectivity index (χ0v) is 16.3. The van der Waals surface area contributed by atoms with E-state index in [1.54, 1.807) is 17.0 Å². The fraction of sp³-hybridized carbons (Fsp3) is 0.550. The molecule has 0 N–H and O–H groups in total. The molecule has 7 nitrogen and oxygen atoms in total. The molecule has 1 amide bonds. The Kier molecular flexibility index (Phi) is 6.67. The van der Waals surface area contributed by atoms with Crippen molar-refractivity contribution >= 4 is 11.7 Å². The number of nitrogens with zero attached hydrogens (tertiary/aromatic N) is 2. The summed E-state index contributed by atoms with van der Waals surface area (Å²) in [6.07, 6.45) is 1.52. The molecule has 1 aromatic carbocycles. The summed E-state index contributed by atoms with van der Waals surface area (Å²) in [6.45, 7) is 3.02. The number of methoxy groups -OCH3 is 3. The molecule has 0 bridgehead atoms. The summed E-state index contributed by atoms with van der Waals surface area (Å²) in [5, 5.41) is 9.18. The Morgan fingerprint density at radius 3 is 2.11 bits per heavy atom. The number of ether oxygens (including phenoxy) is 3. The Labute approximate surface area is 159 Å². The molecule has 1 aliphatic rings. The maximum Gasteiger partial charge on any atom is 0.223 e. The van der Waals surface area contributed by atoms with Gasteiger partial charge in [-0.25, -0.2) is 0 Å². The lowest BCUT2D eigenvalue weighted by atomic mass is 9.82. The highest BCUT2D eigenvalue weighted by atomic mass is 16.5. The second-order valence-corrected chi connectivity index (χ2v) is 6.88. The number of piperidine rings is 1. The standard InChI is InChI=1S/C20H26N2O5/c1-20(13-21)7-9-22(10-8-20)19(24)6-5-15(23)14-11-17(26-3)18(27-4)12-16(14)25-2/h11-12H,5-10H2,1-4H3. The molecular formula is C20H26N2O5. The second kappa shape index (κ2) is 8.76. The maximum absolute atomic E-state index is 12.6. The Morgan fingerprint density at radius 1 is 1.04 bits per heavy atom. The van der Waals surface area contributed by atoms with Crippen LogP contribution in [0.5, 0.6) is 17.2 Å². The quantitative estimate of drug-likeness (QED) is 0.682. The smallest absolute Gasteiger partial charge is 0.223 e. The van der Waals surface area contributed by atoms with Crippen molar-refractivity contribution in [3.63, 3.8) is 0 Å². The molecule has 0 saturated carbocycles. The minimum absolute atomic E-state index is 0.0669. The molecule has 0 aromatic heterocycles. The number of likely N-dealkylation sites (tertiary alicyclic amines) is 1. The highest BCUT2D eigenvalue weighted by molar-refractivity contribution is 6.01. The minimum atomic E-state index is -0.361. The van der Waals surface area contributed by atoms with E-state index in [4.69, 9.17) is 14.2 Å². The molecule has 27 heavy (non-hydrogen) atoms. The molecule has 0 radical (unpaired) electrons. The molecule has 0 spiro atoms. The van der Waals surface area contributed by atoms with E-state index in [0.29, 0.717) is 48.7 Å². The van der Waals surface area contributed by atoms with Crippen LogP contribution in [0.2, 0.25) is 0 Å². The molecule has 1 aliphatic heterocycles. The Balaban J connectivity index is 2.01. The van der Waals surface area contributed by atoms with E-state index in [1.165, 1.54) is 21.3 Å². The van der Waals surface area contributed by atoms with Crippen LogP contribution in [0, 0.1) is 16.7 Å². The van der Waals surface area contributed by atoms with E-state index in [9.17, 15) is 14.9 Å². The van der Waals surface area contributed by atoms with Gasteiger partial charge in [0.15, 0.2) is 17.3 Å². The number of Topliss-reactive ketones (excluding diaryl/α,β-unsaturated/α-hetero) is 1. The number of rotatable bonds is 7. The topological polar surface area (TPSA) is 88.9 Å². The number of hydrogen-bond acceptors (Lipinski definition) is 6. The van der Waals surface area contributed by atoms with Crippen LogP contribution in [0.3, 0.4) is 0 Å². The van der Waals surface area contributed by atoms with Crippen molar-refractivity contribution in [1.82, 2.24) is 4.90 Å². The van der Waals surface area contributed by atoms with Crippen LogP contribution in [0.1, 0.15) is 43.0 Å². The number of carbonyl (C=O) groups is 2. The van der Waals surface area contributed by atoms with Crippen LogP contribution in [-0.2, 0) is 4.79 Å². The zero-order valence-electron chi connectivity index (χ0n) is 16.3. The van der Waals surface area contributed by atoms with Gasteiger partial charge in [-0.2, -0.15) is 5.26 Å². The molecule has 1 aromatic rings. The number of amides is 1. The van der Waals surface area contributed by atoms with Crippen molar-refractivity contribution in [1.29, 1.82) is 5.26 Å². The van der Waals surface area contributed by atoms with Gasteiger partial charge in [-0.1, -0.05) is 0 Å². The molecule has 146 valence electrons. The van der Waals surface area contributed by atoms with Gasteiger partial charge >= 0.3 is 0 Å². The first-order valence-corrected chi connectivity index (χ1v) is 8.89. The van der Waals surface area contributed by atoms with Crippen molar-refractivity contribution in [2.75, 3.05) is 34.4 Å². The largest absolute Gasteiger partial charge is 0.496 e. The second-order valence-electron chi connectivity index (χ2n) is 6.88. The zero-order chi connectivity index (χ0) is 20.0. The summed E-state index contributed by atoms with van der Waals surface area (Å²) in [5.74, 6) is 1.02. The molecule has 7 heteroatoms. The Hall–Kier alpha value is -2.75. The summed E-state index contributed by atoms with van der Waals surface area (Å²) in [4.78, 5) is 26.8. The van der Waals surface area contributed by atoms with Crippen LogP contribution in [-0.4, -0.2) is 51.0 Å². The third kappa shape index (κ3) is 4.70. The van der Waals surface area contributed by atoms with E-state index in [1.807, 2.05) is 6.92 Å². The fourth-order valence-electron chi connectivity index (χ4n) is 3.12. The summed E-state index contributed by atoms with van der Waals surface area (Å²) < 4.78 is 15.7. The normalized spacial score (nSPS) is 15.6. The molecular weight excluding hydrogens is 348 g/mol. The number of carbonyl (C=O) groups excluding carboxylic acids is 2. The van der Waals surface area contributed by atoms with E-state index in [2.05, 4.69) is 6.07 Å². The van der Waals surface area contributed by atoms with Gasteiger partial charge < -0.3 is 19.1 Å². The Bertz CT molecular complexity index is 745. The number of benzene rings is 1. The van der Waals surface area contributed by atoms with Crippen LogP contribution in [0.15, 0.2) is 12.1 Å².